The van der Waals surface area contributed by atoms with Crippen molar-refractivity contribution in [3.63, 3.8) is 0 Å². The van der Waals surface area contributed by atoms with Gasteiger partial charge in [-0.1, -0.05) is 13.3 Å². The maximum absolute atomic E-state index is 10.8. The van der Waals surface area contributed by atoms with Gasteiger partial charge in [-0.2, -0.15) is 0 Å². The normalized spacial score (nSPS) is 16.9. The summed E-state index contributed by atoms with van der Waals surface area (Å²) in [6, 6.07) is 0. The van der Waals surface area contributed by atoms with Crippen molar-refractivity contribution in [2.75, 3.05) is 12.0 Å². The van der Waals surface area contributed by atoms with Crippen LogP contribution in [0.4, 0.5) is 0 Å². The van der Waals surface area contributed by atoms with Crippen molar-refractivity contribution in [1.29, 1.82) is 0 Å². The summed E-state index contributed by atoms with van der Waals surface area (Å²) in [6.45, 7) is 3.77. The lowest BCUT2D eigenvalue weighted by atomic mass is 9.95. The predicted molar refractivity (Wildman–Crippen MR) is 54.5 cm³/mol. The van der Waals surface area contributed by atoms with Gasteiger partial charge in [-0.25, -0.2) is 8.42 Å². The van der Waals surface area contributed by atoms with Crippen molar-refractivity contribution in [3.05, 3.63) is 0 Å². The fourth-order valence-corrected chi connectivity index (χ4v) is 2.05. The van der Waals surface area contributed by atoms with Gasteiger partial charge >= 0.3 is 0 Å². The molecule has 0 aromatic heterocycles. The van der Waals surface area contributed by atoms with Crippen LogP contribution in [0.25, 0.3) is 0 Å². The van der Waals surface area contributed by atoms with Crippen LogP contribution in [0.3, 0.4) is 0 Å². The van der Waals surface area contributed by atoms with Crippen molar-refractivity contribution >= 4 is 9.84 Å². The zero-order valence-corrected chi connectivity index (χ0v) is 9.52. The van der Waals surface area contributed by atoms with E-state index in [1.54, 1.807) is 6.92 Å². The third-order valence-corrected chi connectivity index (χ3v) is 3.05. The monoisotopic (exact) mass is 208 g/mol. The standard InChI is InChI=1S/C9H20O3S/c1-4-6-9(2,10)7-5-8-13(3,11)12/h10H,4-8H2,1-3H3. The van der Waals surface area contributed by atoms with Crippen molar-refractivity contribution in [3.8, 4) is 0 Å². The summed E-state index contributed by atoms with van der Waals surface area (Å²) in [5.41, 5.74) is -0.695. The highest BCUT2D eigenvalue weighted by Gasteiger charge is 2.18. The second kappa shape index (κ2) is 4.96. The smallest absolute Gasteiger partial charge is 0.147 e. The van der Waals surface area contributed by atoms with Gasteiger partial charge in [0.2, 0.25) is 0 Å². The molecule has 0 aromatic rings. The lowest BCUT2D eigenvalue weighted by molar-refractivity contribution is 0.0408. The maximum atomic E-state index is 10.8. The van der Waals surface area contributed by atoms with Crippen LogP contribution in [0, 0.1) is 0 Å². The summed E-state index contributed by atoms with van der Waals surface area (Å²) < 4.78 is 21.6. The Morgan fingerprint density at radius 3 is 2.23 bits per heavy atom. The molecule has 0 saturated heterocycles. The Bertz CT molecular complexity index is 229. The van der Waals surface area contributed by atoms with Gasteiger partial charge in [-0.3, -0.25) is 0 Å². The molecule has 0 aliphatic heterocycles. The highest BCUT2D eigenvalue weighted by atomic mass is 32.2. The Balaban J connectivity index is 3.76. The molecule has 3 nitrogen and oxygen atoms in total. The molecule has 0 spiro atoms. The molecule has 13 heavy (non-hydrogen) atoms. The molecule has 0 amide bonds. The van der Waals surface area contributed by atoms with Crippen molar-refractivity contribution in [1.82, 2.24) is 0 Å². The van der Waals surface area contributed by atoms with E-state index in [4.69, 9.17) is 0 Å². The first-order chi connectivity index (χ1) is 5.77. The first-order valence-electron chi connectivity index (χ1n) is 4.67. The van der Waals surface area contributed by atoms with Gasteiger partial charge in [0.15, 0.2) is 0 Å². The van der Waals surface area contributed by atoms with Gasteiger partial charge in [-0.05, 0) is 26.2 Å². The largest absolute Gasteiger partial charge is 0.390 e. The van der Waals surface area contributed by atoms with Crippen LogP contribution in [-0.2, 0) is 9.84 Å². The van der Waals surface area contributed by atoms with Crippen molar-refractivity contribution < 1.29 is 13.5 Å². The number of rotatable bonds is 6. The summed E-state index contributed by atoms with van der Waals surface area (Å²) in [5, 5.41) is 9.72. The van der Waals surface area contributed by atoms with E-state index in [1.165, 1.54) is 6.26 Å². The third kappa shape index (κ3) is 8.25. The van der Waals surface area contributed by atoms with Crippen molar-refractivity contribution in [2.45, 2.75) is 45.1 Å². The van der Waals surface area contributed by atoms with Crippen LogP contribution in [0.15, 0.2) is 0 Å². The number of hydrogen-bond acceptors (Lipinski definition) is 3. The third-order valence-electron chi connectivity index (χ3n) is 2.02. The molecular weight excluding hydrogens is 188 g/mol. The second-order valence-electron chi connectivity index (χ2n) is 3.98. The summed E-state index contributed by atoms with van der Waals surface area (Å²) in [4.78, 5) is 0. The van der Waals surface area contributed by atoms with E-state index in [0.717, 1.165) is 12.8 Å². The van der Waals surface area contributed by atoms with Gasteiger partial charge in [-0.15, -0.1) is 0 Å². The molecule has 0 bridgehead atoms. The lowest BCUT2D eigenvalue weighted by Gasteiger charge is -2.21. The van der Waals surface area contributed by atoms with Gasteiger partial charge < -0.3 is 5.11 Å². The molecule has 1 N–H and O–H groups in total. The van der Waals surface area contributed by atoms with Gasteiger partial charge in [0.1, 0.15) is 9.84 Å². The molecule has 0 radical (unpaired) electrons. The van der Waals surface area contributed by atoms with E-state index in [-0.39, 0.29) is 5.75 Å². The molecule has 4 heteroatoms. The highest BCUT2D eigenvalue weighted by Crippen LogP contribution is 2.18. The first-order valence-corrected chi connectivity index (χ1v) is 6.73. The zero-order valence-electron chi connectivity index (χ0n) is 8.71. The molecule has 80 valence electrons. The highest BCUT2D eigenvalue weighted by molar-refractivity contribution is 7.90. The molecule has 0 saturated carbocycles. The average molecular weight is 208 g/mol. The summed E-state index contributed by atoms with van der Waals surface area (Å²) >= 11 is 0. The van der Waals surface area contributed by atoms with E-state index in [2.05, 4.69) is 0 Å². The molecular formula is C9H20O3S. The van der Waals surface area contributed by atoms with E-state index >= 15 is 0 Å². The summed E-state index contributed by atoms with van der Waals surface area (Å²) in [5.74, 6) is 0.173. The second-order valence-corrected chi connectivity index (χ2v) is 6.24. The quantitative estimate of drug-likeness (QED) is 0.717. The molecule has 0 aliphatic rings. The van der Waals surface area contributed by atoms with Crippen molar-refractivity contribution in [2.24, 2.45) is 0 Å². The Morgan fingerprint density at radius 2 is 1.85 bits per heavy atom. The summed E-state index contributed by atoms with van der Waals surface area (Å²) in [6.07, 6.45) is 3.99. The van der Waals surface area contributed by atoms with Crippen LogP contribution in [0.2, 0.25) is 0 Å². The fourth-order valence-electron chi connectivity index (χ4n) is 1.38. The number of sulfone groups is 1. The molecule has 0 fully saturated rings. The molecule has 1 unspecified atom stereocenters. The minimum absolute atomic E-state index is 0.173. The topological polar surface area (TPSA) is 54.4 Å². The summed E-state index contributed by atoms with van der Waals surface area (Å²) in [7, 11) is -2.87. The van der Waals surface area contributed by atoms with Crippen LogP contribution in [-0.4, -0.2) is 31.1 Å². The minimum atomic E-state index is -2.87. The lowest BCUT2D eigenvalue weighted by Crippen LogP contribution is -2.24. The molecule has 0 rings (SSSR count). The molecule has 0 heterocycles. The minimum Gasteiger partial charge on any atom is -0.390 e. The van der Waals surface area contributed by atoms with Gasteiger partial charge in [0.05, 0.1) is 5.60 Å². The maximum Gasteiger partial charge on any atom is 0.147 e. The zero-order chi connectivity index (χ0) is 10.5. The van der Waals surface area contributed by atoms with Gasteiger partial charge in [0.25, 0.3) is 0 Å². The molecule has 0 aromatic carbocycles. The van der Waals surface area contributed by atoms with Crippen LogP contribution in [0.5, 0.6) is 0 Å². The Hall–Kier alpha value is -0.0900. The fraction of sp³-hybridized carbons (Fsp3) is 1.00. The Labute approximate surface area is 81.1 Å². The van der Waals surface area contributed by atoms with Crippen LogP contribution >= 0.6 is 0 Å². The Morgan fingerprint density at radius 1 is 1.31 bits per heavy atom. The van der Waals surface area contributed by atoms with E-state index in [1.807, 2.05) is 6.92 Å². The van der Waals surface area contributed by atoms with E-state index < -0.39 is 15.4 Å². The van der Waals surface area contributed by atoms with Crippen LogP contribution in [0.1, 0.15) is 39.5 Å². The van der Waals surface area contributed by atoms with E-state index in [0.29, 0.717) is 12.8 Å². The SMILES string of the molecule is CCCC(C)(O)CCCS(C)(=O)=O. The van der Waals surface area contributed by atoms with E-state index in [9.17, 15) is 13.5 Å². The first kappa shape index (κ1) is 12.9. The molecule has 1 atom stereocenters. The van der Waals surface area contributed by atoms with Gasteiger partial charge in [0, 0.05) is 12.0 Å². The number of hydrogen-bond donors (Lipinski definition) is 1. The Kier molecular flexibility index (Phi) is 4.92. The number of aliphatic hydroxyl groups is 1. The predicted octanol–water partition coefficient (Wildman–Crippen LogP) is 1.36. The van der Waals surface area contributed by atoms with Crippen LogP contribution < -0.4 is 0 Å². The molecule has 0 aliphatic carbocycles. The average Bonchev–Trinajstić information content (AvgIpc) is 1.82.